The topological polar surface area (TPSA) is 94.2 Å². The van der Waals surface area contributed by atoms with Crippen LogP contribution < -0.4 is 0 Å². The maximum Gasteiger partial charge on any atom is 0.270 e. The van der Waals surface area contributed by atoms with Crippen LogP contribution in [0.2, 0.25) is 0 Å². The van der Waals surface area contributed by atoms with E-state index < -0.39 is 4.92 Å². The van der Waals surface area contributed by atoms with Crippen LogP contribution in [0.5, 0.6) is 0 Å². The van der Waals surface area contributed by atoms with Gasteiger partial charge in [0.1, 0.15) is 12.9 Å². The van der Waals surface area contributed by atoms with Crippen molar-refractivity contribution < 1.29 is 9.72 Å². The van der Waals surface area contributed by atoms with Crippen molar-refractivity contribution >= 4 is 11.6 Å². The fourth-order valence-electron chi connectivity index (χ4n) is 2.92. The summed E-state index contributed by atoms with van der Waals surface area (Å²) in [4.78, 5) is 28.8. The molecule has 1 fully saturated rings. The molecule has 0 N–H and O–H groups in total. The number of rotatable bonds is 4. The zero-order valence-corrected chi connectivity index (χ0v) is 13.5. The van der Waals surface area contributed by atoms with Gasteiger partial charge in [-0.15, -0.1) is 0 Å². The molecule has 1 saturated heterocycles. The molecule has 1 aliphatic rings. The first-order valence-corrected chi connectivity index (χ1v) is 7.95. The number of amides is 1. The standard InChI is InChI=1S/C16H19N5O3/c1-12-4-3-7-19(9-12)15(22)10-20-11-17-16(18-20)13-5-2-6-14(8-13)21(23)24/h2,5-6,8,11-12H,3-4,7,9-10H2,1H3/t12-/m0/s1. The predicted octanol–water partition coefficient (Wildman–Crippen LogP) is 2.11. The Hall–Kier alpha value is -2.77. The van der Waals surface area contributed by atoms with Crippen molar-refractivity contribution in [1.29, 1.82) is 0 Å². The minimum atomic E-state index is -0.457. The largest absolute Gasteiger partial charge is 0.341 e. The van der Waals surface area contributed by atoms with E-state index >= 15 is 0 Å². The fourth-order valence-corrected chi connectivity index (χ4v) is 2.92. The van der Waals surface area contributed by atoms with Gasteiger partial charge in [-0.3, -0.25) is 14.9 Å². The third-order valence-electron chi connectivity index (χ3n) is 4.16. The first-order chi connectivity index (χ1) is 11.5. The number of non-ortho nitro benzene ring substituents is 1. The average Bonchev–Trinajstić information content (AvgIpc) is 3.03. The molecular weight excluding hydrogens is 310 g/mol. The fraction of sp³-hybridized carbons (Fsp3) is 0.438. The summed E-state index contributed by atoms with van der Waals surface area (Å²) in [5.41, 5.74) is 0.546. The Balaban J connectivity index is 1.70. The van der Waals surface area contributed by atoms with E-state index in [4.69, 9.17) is 0 Å². The predicted molar refractivity (Wildman–Crippen MR) is 87.1 cm³/mol. The smallest absolute Gasteiger partial charge is 0.270 e. The Morgan fingerprint density at radius 3 is 3.04 bits per heavy atom. The van der Waals surface area contributed by atoms with E-state index in [1.165, 1.54) is 23.1 Å². The zero-order valence-electron chi connectivity index (χ0n) is 13.5. The number of nitro groups is 1. The van der Waals surface area contributed by atoms with Crippen molar-refractivity contribution in [3.05, 3.63) is 40.7 Å². The maximum atomic E-state index is 12.4. The number of benzene rings is 1. The first kappa shape index (κ1) is 16.1. The van der Waals surface area contributed by atoms with E-state index in [9.17, 15) is 14.9 Å². The van der Waals surface area contributed by atoms with E-state index in [1.807, 2.05) is 4.90 Å². The minimum Gasteiger partial charge on any atom is -0.341 e. The van der Waals surface area contributed by atoms with Crippen LogP contribution in [0.1, 0.15) is 19.8 Å². The zero-order chi connectivity index (χ0) is 17.1. The van der Waals surface area contributed by atoms with Crippen LogP contribution in [0.4, 0.5) is 5.69 Å². The molecule has 1 aromatic heterocycles. The summed E-state index contributed by atoms with van der Waals surface area (Å²) in [6.45, 7) is 3.85. The van der Waals surface area contributed by atoms with E-state index in [2.05, 4.69) is 17.0 Å². The molecule has 1 aromatic carbocycles. The summed E-state index contributed by atoms with van der Waals surface area (Å²) >= 11 is 0. The molecule has 24 heavy (non-hydrogen) atoms. The second-order valence-corrected chi connectivity index (χ2v) is 6.16. The second kappa shape index (κ2) is 6.77. The summed E-state index contributed by atoms with van der Waals surface area (Å²) in [5, 5.41) is 15.1. The Kier molecular flexibility index (Phi) is 4.54. The monoisotopic (exact) mass is 329 g/mol. The lowest BCUT2D eigenvalue weighted by Gasteiger charge is -2.30. The van der Waals surface area contributed by atoms with E-state index in [0.717, 1.165) is 25.9 Å². The third-order valence-corrected chi connectivity index (χ3v) is 4.16. The molecule has 1 atom stereocenters. The highest BCUT2D eigenvalue weighted by molar-refractivity contribution is 5.76. The van der Waals surface area contributed by atoms with Gasteiger partial charge in [0.05, 0.1) is 4.92 Å². The van der Waals surface area contributed by atoms with Gasteiger partial charge < -0.3 is 4.90 Å². The minimum absolute atomic E-state index is 0.0118. The van der Waals surface area contributed by atoms with Crippen LogP contribution in [-0.4, -0.2) is 43.6 Å². The highest BCUT2D eigenvalue weighted by Crippen LogP contribution is 2.20. The quantitative estimate of drug-likeness (QED) is 0.632. The number of piperidine rings is 1. The molecule has 0 spiro atoms. The lowest BCUT2D eigenvalue weighted by Crippen LogP contribution is -2.40. The molecule has 3 rings (SSSR count). The van der Waals surface area contributed by atoms with Crippen molar-refractivity contribution in [3.8, 4) is 11.4 Å². The molecule has 2 heterocycles. The number of nitro benzene ring substituents is 1. The van der Waals surface area contributed by atoms with Crippen molar-refractivity contribution in [3.63, 3.8) is 0 Å². The molecule has 1 aliphatic heterocycles. The Bertz CT molecular complexity index is 758. The van der Waals surface area contributed by atoms with E-state index in [1.54, 1.807) is 12.1 Å². The second-order valence-electron chi connectivity index (χ2n) is 6.16. The van der Waals surface area contributed by atoms with Crippen LogP contribution in [0.25, 0.3) is 11.4 Å². The number of carbonyl (C=O) groups is 1. The molecular formula is C16H19N5O3. The molecule has 0 aliphatic carbocycles. The van der Waals surface area contributed by atoms with Crippen molar-refractivity contribution in [2.24, 2.45) is 5.92 Å². The highest BCUT2D eigenvalue weighted by Gasteiger charge is 2.21. The molecule has 0 saturated carbocycles. The SMILES string of the molecule is C[C@H]1CCCN(C(=O)Cn2cnc(-c3cccc([N+](=O)[O-])c3)n2)C1. The van der Waals surface area contributed by atoms with Crippen molar-refractivity contribution in [1.82, 2.24) is 19.7 Å². The lowest BCUT2D eigenvalue weighted by molar-refractivity contribution is -0.384. The highest BCUT2D eigenvalue weighted by atomic mass is 16.6. The number of aromatic nitrogens is 3. The van der Waals surface area contributed by atoms with Gasteiger partial charge in [-0.05, 0) is 18.8 Å². The van der Waals surface area contributed by atoms with Gasteiger partial charge >= 0.3 is 0 Å². The summed E-state index contributed by atoms with van der Waals surface area (Å²) in [5.74, 6) is 0.925. The molecule has 0 unspecified atom stereocenters. The van der Waals surface area contributed by atoms with Gasteiger partial charge in [-0.25, -0.2) is 9.67 Å². The Morgan fingerprint density at radius 1 is 1.46 bits per heavy atom. The summed E-state index contributed by atoms with van der Waals surface area (Å²) in [7, 11) is 0. The van der Waals surface area contributed by atoms with Crippen LogP contribution in [-0.2, 0) is 11.3 Å². The molecule has 126 valence electrons. The lowest BCUT2D eigenvalue weighted by atomic mass is 10.0. The molecule has 0 bridgehead atoms. The van der Waals surface area contributed by atoms with E-state index in [0.29, 0.717) is 17.3 Å². The third kappa shape index (κ3) is 3.58. The molecule has 8 heteroatoms. The number of carbonyl (C=O) groups excluding carboxylic acids is 1. The maximum absolute atomic E-state index is 12.4. The molecule has 2 aromatic rings. The van der Waals surface area contributed by atoms with Gasteiger partial charge in [0, 0.05) is 30.8 Å². The molecule has 1 amide bonds. The first-order valence-electron chi connectivity index (χ1n) is 7.95. The summed E-state index contributed by atoms with van der Waals surface area (Å²) in [6, 6.07) is 6.14. The normalized spacial score (nSPS) is 17.7. The van der Waals surface area contributed by atoms with Crippen LogP contribution in [0, 0.1) is 16.0 Å². The van der Waals surface area contributed by atoms with Crippen molar-refractivity contribution in [2.45, 2.75) is 26.3 Å². The van der Waals surface area contributed by atoms with Gasteiger partial charge in [0.15, 0.2) is 5.82 Å². The average molecular weight is 329 g/mol. The van der Waals surface area contributed by atoms with Gasteiger partial charge in [0.2, 0.25) is 5.91 Å². The van der Waals surface area contributed by atoms with Gasteiger partial charge in [0.25, 0.3) is 5.69 Å². The van der Waals surface area contributed by atoms with Crippen LogP contribution >= 0.6 is 0 Å². The number of hydrogen-bond acceptors (Lipinski definition) is 5. The Labute approximate surface area is 139 Å². The van der Waals surface area contributed by atoms with Gasteiger partial charge in [-0.2, -0.15) is 5.10 Å². The summed E-state index contributed by atoms with van der Waals surface area (Å²) < 4.78 is 1.48. The number of hydrogen-bond donors (Lipinski definition) is 0. The van der Waals surface area contributed by atoms with Crippen LogP contribution in [0.15, 0.2) is 30.6 Å². The number of likely N-dealkylation sites (tertiary alicyclic amines) is 1. The molecule has 0 radical (unpaired) electrons. The van der Waals surface area contributed by atoms with Gasteiger partial charge in [-0.1, -0.05) is 19.1 Å². The number of nitrogens with zero attached hydrogens (tertiary/aromatic N) is 5. The van der Waals surface area contributed by atoms with Crippen LogP contribution in [0.3, 0.4) is 0 Å². The molecule has 8 nitrogen and oxygen atoms in total. The van der Waals surface area contributed by atoms with E-state index in [-0.39, 0.29) is 18.1 Å². The summed E-state index contributed by atoms with van der Waals surface area (Å²) in [6.07, 6.45) is 3.67. The Morgan fingerprint density at radius 2 is 2.29 bits per heavy atom. The van der Waals surface area contributed by atoms with Crippen molar-refractivity contribution in [2.75, 3.05) is 13.1 Å².